The van der Waals surface area contributed by atoms with Crippen LogP contribution in [0, 0.1) is 0 Å². The van der Waals surface area contributed by atoms with E-state index >= 15 is 0 Å². The number of rotatable bonds is 7. The van der Waals surface area contributed by atoms with E-state index < -0.39 is 5.91 Å². The number of carbonyl (C=O) groups is 1. The topological polar surface area (TPSA) is 88.6 Å². The molecule has 1 heterocycles. The molecule has 0 unspecified atom stereocenters. The van der Waals surface area contributed by atoms with Gasteiger partial charge in [-0.2, -0.15) is 10.2 Å². The number of H-pyrrole nitrogens is 1. The molecule has 1 aromatic heterocycles. The van der Waals surface area contributed by atoms with E-state index in [1.807, 2.05) is 55.5 Å². The van der Waals surface area contributed by atoms with Crippen molar-refractivity contribution in [3.05, 3.63) is 65.9 Å². The fourth-order valence-electron chi connectivity index (χ4n) is 2.53. The fraction of sp³-hybridized carbons (Fsp3) is 0.150. The monoisotopic (exact) mass is 364 g/mol. The van der Waals surface area contributed by atoms with Crippen LogP contribution in [0.5, 0.6) is 11.5 Å². The van der Waals surface area contributed by atoms with E-state index in [0.29, 0.717) is 29.5 Å². The molecule has 0 aliphatic carbocycles. The molecule has 2 N–H and O–H groups in total. The van der Waals surface area contributed by atoms with Gasteiger partial charge in [-0.25, -0.2) is 5.43 Å². The van der Waals surface area contributed by atoms with Gasteiger partial charge in [0.1, 0.15) is 17.2 Å². The van der Waals surface area contributed by atoms with E-state index in [1.54, 1.807) is 13.2 Å². The summed E-state index contributed by atoms with van der Waals surface area (Å²) in [6.07, 6.45) is 1.53. The number of benzene rings is 2. The molecule has 0 saturated heterocycles. The van der Waals surface area contributed by atoms with Gasteiger partial charge in [0.15, 0.2) is 0 Å². The zero-order chi connectivity index (χ0) is 19.1. The van der Waals surface area contributed by atoms with Crippen LogP contribution in [0.15, 0.2) is 59.7 Å². The van der Waals surface area contributed by atoms with E-state index in [-0.39, 0.29) is 0 Å². The van der Waals surface area contributed by atoms with Gasteiger partial charge >= 0.3 is 0 Å². The van der Waals surface area contributed by atoms with Crippen LogP contribution in [0.3, 0.4) is 0 Å². The normalized spacial score (nSPS) is 10.7. The Morgan fingerprint density at radius 2 is 1.93 bits per heavy atom. The number of amides is 1. The van der Waals surface area contributed by atoms with Crippen LogP contribution in [0.2, 0.25) is 0 Å². The first-order valence-electron chi connectivity index (χ1n) is 8.47. The smallest absolute Gasteiger partial charge is 0.289 e. The van der Waals surface area contributed by atoms with Crippen molar-refractivity contribution in [2.75, 3.05) is 13.7 Å². The number of aromatic amines is 1. The molecule has 7 nitrogen and oxygen atoms in total. The van der Waals surface area contributed by atoms with Crippen LogP contribution in [-0.4, -0.2) is 36.0 Å². The van der Waals surface area contributed by atoms with Gasteiger partial charge < -0.3 is 9.47 Å². The summed E-state index contributed by atoms with van der Waals surface area (Å²) in [7, 11) is 1.58. The Bertz CT molecular complexity index is 950. The summed E-state index contributed by atoms with van der Waals surface area (Å²) in [6.45, 7) is 2.46. The Labute approximate surface area is 157 Å². The lowest BCUT2D eigenvalue weighted by atomic mass is 10.1. The summed E-state index contributed by atoms with van der Waals surface area (Å²) in [4.78, 5) is 12.3. The lowest BCUT2D eigenvalue weighted by Crippen LogP contribution is -2.18. The average Bonchev–Trinajstić information content (AvgIpc) is 3.19. The molecule has 2 aromatic carbocycles. The highest BCUT2D eigenvalue weighted by Gasteiger charge is 2.13. The predicted octanol–water partition coefficient (Wildman–Crippen LogP) is 3.25. The van der Waals surface area contributed by atoms with Crippen molar-refractivity contribution in [3.8, 4) is 22.8 Å². The predicted molar refractivity (Wildman–Crippen MR) is 103 cm³/mol. The number of hydrazone groups is 1. The summed E-state index contributed by atoms with van der Waals surface area (Å²) in [5.41, 5.74) is 4.97. The van der Waals surface area contributed by atoms with Gasteiger partial charge in [-0.1, -0.05) is 24.3 Å². The molecule has 1 amide bonds. The largest absolute Gasteiger partial charge is 0.496 e. The number of nitrogens with one attached hydrogen (secondary N) is 2. The van der Waals surface area contributed by atoms with E-state index in [4.69, 9.17) is 9.47 Å². The number of hydrogen-bond donors (Lipinski definition) is 2. The SMILES string of the molecule is CCOc1ccccc1-c1cc(C(=O)N/N=C\c2ccccc2OC)[nH]n1. The van der Waals surface area contributed by atoms with Gasteiger partial charge in [0.25, 0.3) is 5.91 Å². The van der Waals surface area contributed by atoms with E-state index in [0.717, 1.165) is 11.1 Å². The van der Waals surface area contributed by atoms with Crippen molar-refractivity contribution < 1.29 is 14.3 Å². The number of nitrogens with zero attached hydrogens (tertiary/aromatic N) is 2. The van der Waals surface area contributed by atoms with Gasteiger partial charge in [0, 0.05) is 11.1 Å². The highest BCUT2D eigenvalue weighted by atomic mass is 16.5. The van der Waals surface area contributed by atoms with Crippen molar-refractivity contribution >= 4 is 12.1 Å². The van der Waals surface area contributed by atoms with Crippen LogP contribution in [0.25, 0.3) is 11.3 Å². The molecule has 0 radical (unpaired) electrons. The first kappa shape index (κ1) is 18.2. The van der Waals surface area contributed by atoms with Crippen LogP contribution in [0.4, 0.5) is 0 Å². The minimum absolute atomic E-state index is 0.300. The second-order valence-corrected chi connectivity index (χ2v) is 5.54. The molecule has 0 aliphatic heterocycles. The van der Waals surface area contributed by atoms with Crippen molar-refractivity contribution in [1.82, 2.24) is 15.6 Å². The first-order valence-corrected chi connectivity index (χ1v) is 8.47. The van der Waals surface area contributed by atoms with Crippen LogP contribution < -0.4 is 14.9 Å². The molecule has 3 aromatic rings. The molecular weight excluding hydrogens is 344 g/mol. The molecule has 138 valence electrons. The van der Waals surface area contributed by atoms with Crippen molar-refractivity contribution in [1.29, 1.82) is 0 Å². The lowest BCUT2D eigenvalue weighted by molar-refractivity contribution is 0.0950. The Morgan fingerprint density at radius 3 is 2.70 bits per heavy atom. The number of aromatic nitrogens is 2. The van der Waals surface area contributed by atoms with E-state index in [1.165, 1.54) is 6.21 Å². The highest BCUT2D eigenvalue weighted by Crippen LogP contribution is 2.28. The molecule has 0 saturated carbocycles. The summed E-state index contributed by atoms with van der Waals surface area (Å²) >= 11 is 0. The molecule has 0 bridgehead atoms. The second-order valence-electron chi connectivity index (χ2n) is 5.54. The van der Waals surface area contributed by atoms with Gasteiger partial charge in [-0.3, -0.25) is 9.89 Å². The third-order valence-electron chi connectivity index (χ3n) is 3.79. The molecule has 3 rings (SSSR count). The lowest BCUT2D eigenvalue weighted by Gasteiger charge is -2.07. The number of ether oxygens (including phenoxy) is 2. The minimum atomic E-state index is -0.395. The summed E-state index contributed by atoms with van der Waals surface area (Å²) < 4.78 is 10.8. The molecule has 0 aliphatic rings. The van der Waals surface area contributed by atoms with Crippen molar-refractivity contribution in [2.24, 2.45) is 5.10 Å². The standard InChI is InChI=1S/C20H20N4O3/c1-3-27-19-11-7-5-9-15(19)16-12-17(23-22-16)20(25)24-21-13-14-8-4-6-10-18(14)26-2/h4-13H,3H2,1-2H3,(H,22,23)(H,24,25)/b21-13-. The Balaban J connectivity index is 1.71. The zero-order valence-corrected chi connectivity index (χ0v) is 15.1. The van der Waals surface area contributed by atoms with Crippen LogP contribution in [-0.2, 0) is 0 Å². The first-order chi connectivity index (χ1) is 13.2. The third-order valence-corrected chi connectivity index (χ3v) is 3.79. The molecule has 7 heteroatoms. The van der Waals surface area contributed by atoms with E-state index in [2.05, 4.69) is 20.7 Å². The number of carbonyl (C=O) groups excluding carboxylic acids is 1. The maximum atomic E-state index is 12.3. The minimum Gasteiger partial charge on any atom is -0.496 e. The van der Waals surface area contributed by atoms with Crippen LogP contribution >= 0.6 is 0 Å². The van der Waals surface area contributed by atoms with Gasteiger partial charge in [-0.15, -0.1) is 0 Å². The number of hydrogen-bond acceptors (Lipinski definition) is 5. The Morgan fingerprint density at radius 1 is 1.19 bits per heavy atom. The van der Waals surface area contributed by atoms with Gasteiger partial charge in [0.2, 0.25) is 0 Å². The van der Waals surface area contributed by atoms with Gasteiger partial charge in [-0.05, 0) is 37.3 Å². The molecule has 27 heavy (non-hydrogen) atoms. The number of para-hydroxylation sites is 2. The van der Waals surface area contributed by atoms with Crippen molar-refractivity contribution in [3.63, 3.8) is 0 Å². The summed E-state index contributed by atoms with van der Waals surface area (Å²) in [5.74, 6) is 0.994. The fourth-order valence-corrected chi connectivity index (χ4v) is 2.53. The summed E-state index contributed by atoms with van der Waals surface area (Å²) in [6, 6.07) is 16.6. The van der Waals surface area contributed by atoms with Crippen LogP contribution in [0.1, 0.15) is 23.0 Å². The molecule has 0 fully saturated rings. The molecule has 0 spiro atoms. The van der Waals surface area contributed by atoms with E-state index in [9.17, 15) is 4.79 Å². The average molecular weight is 364 g/mol. The third kappa shape index (κ3) is 4.33. The molecular formula is C20H20N4O3. The molecule has 0 atom stereocenters. The maximum Gasteiger partial charge on any atom is 0.289 e. The Hall–Kier alpha value is -3.61. The second kappa shape index (κ2) is 8.66. The summed E-state index contributed by atoms with van der Waals surface area (Å²) in [5, 5.41) is 10.9. The van der Waals surface area contributed by atoms with Gasteiger partial charge in [0.05, 0.1) is 25.6 Å². The Kier molecular flexibility index (Phi) is 5.84. The van der Waals surface area contributed by atoms with Crippen molar-refractivity contribution in [2.45, 2.75) is 6.92 Å². The zero-order valence-electron chi connectivity index (χ0n) is 15.1. The highest BCUT2D eigenvalue weighted by molar-refractivity contribution is 5.94. The maximum absolute atomic E-state index is 12.3. The number of methoxy groups -OCH3 is 1. The quantitative estimate of drug-likeness (QED) is 0.497.